The van der Waals surface area contributed by atoms with E-state index in [1.165, 1.54) is 6.33 Å². The molecule has 1 aromatic heterocycles. The van der Waals surface area contributed by atoms with E-state index in [0.29, 0.717) is 11.6 Å². The molecule has 1 saturated carbocycles. The minimum atomic E-state index is -0.0388. The highest BCUT2D eigenvalue weighted by Crippen LogP contribution is 2.20. The number of aromatic nitrogens is 2. The molecule has 0 aromatic carbocycles. The molecule has 1 aliphatic rings. The average molecular weight is 191 g/mol. The van der Waals surface area contributed by atoms with Gasteiger partial charge in [0.15, 0.2) is 0 Å². The van der Waals surface area contributed by atoms with Crippen molar-refractivity contribution in [3.63, 3.8) is 0 Å². The highest BCUT2D eigenvalue weighted by Gasteiger charge is 2.25. The van der Waals surface area contributed by atoms with E-state index in [-0.39, 0.29) is 5.91 Å². The van der Waals surface area contributed by atoms with Gasteiger partial charge in [0.25, 0.3) is 5.91 Å². The lowest BCUT2D eigenvalue weighted by Crippen LogP contribution is -2.27. The molecule has 14 heavy (non-hydrogen) atoms. The Balaban J connectivity index is 2.24. The zero-order valence-corrected chi connectivity index (χ0v) is 8.37. The third kappa shape index (κ3) is 1.73. The van der Waals surface area contributed by atoms with E-state index in [1.807, 2.05) is 13.8 Å². The van der Waals surface area contributed by atoms with Crippen LogP contribution in [0.2, 0.25) is 0 Å². The Hall–Kier alpha value is -1.45. The molecule has 0 saturated heterocycles. The molecule has 0 spiro atoms. The van der Waals surface area contributed by atoms with Gasteiger partial charge in [0.2, 0.25) is 0 Å². The molecule has 2 rings (SSSR count). The zero-order valence-electron chi connectivity index (χ0n) is 8.37. The van der Waals surface area contributed by atoms with Crippen LogP contribution in [-0.4, -0.2) is 21.9 Å². The Morgan fingerprint density at radius 1 is 1.36 bits per heavy atom. The van der Waals surface area contributed by atoms with E-state index in [1.54, 1.807) is 0 Å². The van der Waals surface area contributed by atoms with Crippen LogP contribution in [0.5, 0.6) is 0 Å². The zero-order chi connectivity index (χ0) is 10.1. The molecule has 1 amide bonds. The molecule has 1 aromatic rings. The van der Waals surface area contributed by atoms with Crippen molar-refractivity contribution in [2.24, 2.45) is 0 Å². The fourth-order valence-corrected chi connectivity index (χ4v) is 1.41. The van der Waals surface area contributed by atoms with Gasteiger partial charge >= 0.3 is 0 Å². The number of aryl methyl sites for hydroxylation is 2. The molecule has 0 bridgehead atoms. The highest BCUT2D eigenvalue weighted by atomic mass is 16.1. The van der Waals surface area contributed by atoms with Gasteiger partial charge in [0, 0.05) is 6.04 Å². The van der Waals surface area contributed by atoms with E-state index < -0.39 is 0 Å². The lowest BCUT2D eigenvalue weighted by atomic mass is 10.1. The predicted octanol–water partition coefficient (Wildman–Crippen LogP) is 0.986. The SMILES string of the molecule is Cc1ncnc(C)c1C(=O)NC1CC1. The summed E-state index contributed by atoms with van der Waals surface area (Å²) < 4.78 is 0. The second-order valence-corrected chi connectivity index (χ2v) is 3.67. The fourth-order valence-electron chi connectivity index (χ4n) is 1.41. The Kier molecular flexibility index (Phi) is 2.19. The van der Waals surface area contributed by atoms with Gasteiger partial charge in [-0.3, -0.25) is 4.79 Å². The van der Waals surface area contributed by atoms with Gasteiger partial charge in [-0.15, -0.1) is 0 Å². The quantitative estimate of drug-likeness (QED) is 0.758. The number of hydrogen-bond donors (Lipinski definition) is 1. The smallest absolute Gasteiger partial charge is 0.255 e. The van der Waals surface area contributed by atoms with E-state index in [0.717, 1.165) is 24.2 Å². The van der Waals surface area contributed by atoms with Crippen molar-refractivity contribution in [2.75, 3.05) is 0 Å². The summed E-state index contributed by atoms with van der Waals surface area (Å²) in [5.41, 5.74) is 2.12. The summed E-state index contributed by atoms with van der Waals surface area (Å²) in [7, 11) is 0. The number of nitrogens with zero attached hydrogens (tertiary/aromatic N) is 2. The molecular formula is C10H13N3O. The molecule has 1 heterocycles. The number of carbonyl (C=O) groups excluding carboxylic acids is 1. The van der Waals surface area contributed by atoms with Gasteiger partial charge in [-0.2, -0.15) is 0 Å². The van der Waals surface area contributed by atoms with Gasteiger partial charge in [0.1, 0.15) is 6.33 Å². The van der Waals surface area contributed by atoms with Crippen LogP contribution in [0.4, 0.5) is 0 Å². The van der Waals surface area contributed by atoms with Gasteiger partial charge < -0.3 is 5.32 Å². The second kappa shape index (κ2) is 3.36. The standard InChI is InChI=1S/C10H13N3O/c1-6-9(7(2)12-5-11-6)10(14)13-8-3-4-8/h5,8H,3-4H2,1-2H3,(H,13,14). The normalized spacial score (nSPS) is 15.3. The maximum Gasteiger partial charge on any atom is 0.255 e. The Morgan fingerprint density at radius 3 is 2.43 bits per heavy atom. The first-order valence-corrected chi connectivity index (χ1v) is 4.77. The van der Waals surface area contributed by atoms with Crippen molar-refractivity contribution in [3.8, 4) is 0 Å². The van der Waals surface area contributed by atoms with Crippen LogP contribution in [0.15, 0.2) is 6.33 Å². The molecule has 1 aliphatic carbocycles. The summed E-state index contributed by atoms with van der Waals surface area (Å²) in [6.07, 6.45) is 3.67. The molecule has 1 N–H and O–H groups in total. The third-order valence-corrected chi connectivity index (χ3v) is 2.37. The number of amides is 1. The number of rotatable bonds is 2. The third-order valence-electron chi connectivity index (χ3n) is 2.37. The minimum absolute atomic E-state index is 0.0388. The van der Waals surface area contributed by atoms with Crippen molar-refractivity contribution in [2.45, 2.75) is 32.7 Å². The molecule has 4 nitrogen and oxygen atoms in total. The topological polar surface area (TPSA) is 54.9 Å². The molecular weight excluding hydrogens is 178 g/mol. The number of hydrogen-bond acceptors (Lipinski definition) is 3. The molecule has 4 heteroatoms. The van der Waals surface area contributed by atoms with Gasteiger partial charge in [-0.25, -0.2) is 9.97 Å². The van der Waals surface area contributed by atoms with Crippen LogP contribution in [-0.2, 0) is 0 Å². The van der Waals surface area contributed by atoms with Crippen LogP contribution >= 0.6 is 0 Å². The maximum absolute atomic E-state index is 11.7. The molecule has 74 valence electrons. The number of carbonyl (C=O) groups is 1. The van der Waals surface area contributed by atoms with E-state index in [2.05, 4.69) is 15.3 Å². The van der Waals surface area contributed by atoms with Crippen molar-refractivity contribution < 1.29 is 4.79 Å². The van der Waals surface area contributed by atoms with E-state index >= 15 is 0 Å². The summed E-state index contributed by atoms with van der Waals surface area (Å²) in [5.74, 6) is -0.0388. The maximum atomic E-state index is 11.7. The molecule has 0 atom stereocenters. The van der Waals surface area contributed by atoms with Crippen molar-refractivity contribution in [3.05, 3.63) is 23.3 Å². The summed E-state index contributed by atoms with van der Waals surface area (Å²) in [5, 5.41) is 2.93. The Labute approximate surface area is 82.8 Å². The lowest BCUT2D eigenvalue weighted by Gasteiger charge is -2.07. The lowest BCUT2D eigenvalue weighted by molar-refractivity contribution is 0.0949. The first-order chi connectivity index (χ1) is 6.68. The fraction of sp³-hybridized carbons (Fsp3) is 0.500. The van der Waals surface area contributed by atoms with Crippen LogP contribution in [0.3, 0.4) is 0 Å². The largest absolute Gasteiger partial charge is 0.349 e. The number of nitrogens with one attached hydrogen (secondary N) is 1. The van der Waals surface area contributed by atoms with Crippen molar-refractivity contribution in [1.29, 1.82) is 0 Å². The summed E-state index contributed by atoms with van der Waals surface area (Å²) >= 11 is 0. The monoisotopic (exact) mass is 191 g/mol. The summed E-state index contributed by atoms with van der Waals surface area (Å²) in [4.78, 5) is 19.8. The Morgan fingerprint density at radius 2 is 1.93 bits per heavy atom. The van der Waals surface area contributed by atoms with Gasteiger partial charge in [0.05, 0.1) is 17.0 Å². The molecule has 0 radical (unpaired) electrons. The van der Waals surface area contributed by atoms with Crippen LogP contribution in [0, 0.1) is 13.8 Å². The second-order valence-electron chi connectivity index (χ2n) is 3.67. The highest BCUT2D eigenvalue weighted by molar-refractivity contribution is 5.96. The summed E-state index contributed by atoms with van der Waals surface area (Å²) in [6, 6.07) is 0.376. The summed E-state index contributed by atoms with van der Waals surface area (Å²) in [6.45, 7) is 3.66. The first kappa shape index (κ1) is 9.12. The first-order valence-electron chi connectivity index (χ1n) is 4.77. The van der Waals surface area contributed by atoms with E-state index in [4.69, 9.17) is 0 Å². The molecule has 0 aliphatic heterocycles. The minimum Gasteiger partial charge on any atom is -0.349 e. The van der Waals surface area contributed by atoms with Crippen molar-refractivity contribution in [1.82, 2.24) is 15.3 Å². The van der Waals surface area contributed by atoms with Gasteiger partial charge in [-0.1, -0.05) is 0 Å². The van der Waals surface area contributed by atoms with E-state index in [9.17, 15) is 4.79 Å². The Bertz CT molecular complexity index is 351. The predicted molar refractivity (Wildman–Crippen MR) is 52.0 cm³/mol. The van der Waals surface area contributed by atoms with Crippen LogP contribution in [0.25, 0.3) is 0 Å². The van der Waals surface area contributed by atoms with Crippen LogP contribution < -0.4 is 5.32 Å². The average Bonchev–Trinajstić information content (AvgIpc) is 2.87. The van der Waals surface area contributed by atoms with Crippen molar-refractivity contribution >= 4 is 5.91 Å². The molecule has 1 fully saturated rings. The van der Waals surface area contributed by atoms with Crippen LogP contribution in [0.1, 0.15) is 34.6 Å². The molecule has 0 unspecified atom stereocenters. The van der Waals surface area contributed by atoms with Gasteiger partial charge in [-0.05, 0) is 26.7 Å².